The first-order chi connectivity index (χ1) is 11.1. The number of rotatable bonds is 4. The standard InChI is InChI=1S/C18H26BrClN2O2/c1-6-8-18(9-7-2)11-22(16(23)24-17(3,4)5)15-13(18)14(20)12(19)10-21-15/h10H,6-9,11H2,1-5H3. The van der Waals surface area contributed by atoms with E-state index in [1.54, 1.807) is 11.1 Å². The summed E-state index contributed by atoms with van der Waals surface area (Å²) in [6.07, 6.45) is 5.26. The molecule has 24 heavy (non-hydrogen) atoms. The van der Waals surface area contributed by atoms with Gasteiger partial charge >= 0.3 is 6.09 Å². The number of anilines is 1. The quantitative estimate of drug-likeness (QED) is 0.595. The van der Waals surface area contributed by atoms with Crippen LogP contribution in [0.15, 0.2) is 10.7 Å². The fraction of sp³-hybridized carbons (Fsp3) is 0.667. The fourth-order valence-corrected chi connectivity index (χ4v) is 4.18. The van der Waals surface area contributed by atoms with Crippen LogP contribution in [-0.2, 0) is 10.2 Å². The maximum atomic E-state index is 12.7. The average molecular weight is 418 g/mol. The molecule has 6 heteroatoms. The molecule has 0 saturated heterocycles. The summed E-state index contributed by atoms with van der Waals surface area (Å²) in [5.41, 5.74) is 0.272. The summed E-state index contributed by atoms with van der Waals surface area (Å²) in [6, 6.07) is 0. The summed E-state index contributed by atoms with van der Waals surface area (Å²) in [5, 5.41) is 0.660. The second kappa shape index (κ2) is 7.20. The molecular formula is C18H26BrClN2O2. The van der Waals surface area contributed by atoms with E-state index in [9.17, 15) is 4.79 Å². The van der Waals surface area contributed by atoms with Crippen molar-refractivity contribution in [3.63, 3.8) is 0 Å². The minimum Gasteiger partial charge on any atom is -0.443 e. The number of fused-ring (bicyclic) bond motifs is 1. The Bertz CT molecular complexity index is 622. The zero-order valence-electron chi connectivity index (χ0n) is 15.1. The van der Waals surface area contributed by atoms with Crippen molar-refractivity contribution in [2.75, 3.05) is 11.4 Å². The monoisotopic (exact) mass is 416 g/mol. The van der Waals surface area contributed by atoms with Gasteiger partial charge in [0.15, 0.2) is 0 Å². The Kier molecular flexibility index (Phi) is 5.86. The molecule has 134 valence electrons. The molecule has 1 aromatic heterocycles. The first-order valence-electron chi connectivity index (χ1n) is 8.50. The van der Waals surface area contributed by atoms with Gasteiger partial charge in [-0.1, -0.05) is 38.3 Å². The van der Waals surface area contributed by atoms with Gasteiger partial charge in [0.05, 0.1) is 9.50 Å². The Morgan fingerprint density at radius 1 is 1.38 bits per heavy atom. The van der Waals surface area contributed by atoms with Crippen molar-refractivity contribution >= 4 is 39.4 Å². The molecule has 1 aromatic rings. The van der Waals surface area contributed by atoms with Crippen LogP contribution in [0, 0.1) is 0 Å². The second-order valence-electron chi connectivity index (χ2n) is 7.47. The Labute approximate surface area is 158 Å². The molecule has 0 unspecified atom stereocenters. The molecule has 4 nitrogen and oxygen atoms in total. The fourth-order valence-electron chi connectivity index (χ4n) is 3.55. The van der Waals surface area contributed by atoms with Gasteiger partial charge in [0.1, 0.15) is 11.4 Å². The number of carbonyl (C=O) groups excluding carboxylic acids is 1. The van der Waals surface area contributed by atoms with Crippen molar-refractivity contribution in [2.45, 2.75) is 71.3 Å². The number of nitrogens with zero attached hydrogens (tertiary/aromatic N) is 2. The number of pyridine rings is 1. The SMILES string of the molecule is CCCC1(CCC)CN(C(=O)OC(C)(C)C)c2ncc(Br)c(Cl)c21. The van der Waals surface area contributed by atoms with Crippen molar-refractivity contribution in [3.05, 3.63) is 21.3 Å². The minimum atomic E-state index is -0.544. The lowest BCUT2D eigenvalue weighted by molar-refractivity contribution is 0.0575. The van der Waals surface area contributed by atoms with Crippen LogP contribution in [0.1, 0.15) is 65.9 Å². The molecule has 0 N–H and O–H groups in total. The van der Waals surface area contributed by atoms with Crippen LogP contribution < -0.4 is 4.90 Å². The highest BCUT2D eigenvalue weighted by Crippen LogP contribution is 2.50. The van der Waals surface area contributed by atoms with E-state index in [-0.39, 0.29) is 11.5 Å². The number of amides is 1. The van der Waals surface area contributed by atoms with Crippen LogP contribution in [0.4, 0.5) is 10.6 Å². The van der Waals surface area contributed by atoms with Gasteiger partial charge in [0.25, 0.3) is 0 Å². The lowest BCUT2D eigenvalue weighted by atomic mass is 9.75. The van der Waals surface area contributed by atoms with Crippen molar-refractivity contribution in [1.29, 1.82) is 0 Å². The predicted octanol–water partition coefficient (Wildman–Crippen LogP) is 6.09. The highest BCUT2D eigenvalue weighted by atomic mass is 79.9. The number of hydrogen-bond acceptors (Lipinski definition) is 3. The molecule has 0 spiro atoms. The average Bonchev–Trinajstić information content (AvgIpc) is 2.77. The summed E-state index contributed by atoms with van der Waals surface area (Å²) in [4.78, 5) is 18.9. The van der Waals surface area contributed by atoms with Gasteiger partial charge in [0, 0.05) is 23.7 Å². The second-order valence-corrected chi connectivity index (χ2v) is 8.70. The van der Waals surface area contributed by atoms with Crippen molar-refractivity contribution < 1.29 is 9.53 Å². The first-order valence-corrected chi connectivity index (χ1v) is 9.67. The van der Waals surface area contributed by atoms with Gasteiger partial charge in [-0.05, 0) is 49.5 Å². The van der Waals surface area contributed by atoms with Crippen molar-refractivity contribution in [1.82, 2.24) is 4.98 Å². The summed E-state index contributed by atoms with van der Waals surface area (Å²) >= 11 is 10.1. The Morgan fingerprint density at radius 2 is 1.96 bits per heavy atom. The maximum Gasteiger partial charge on any atom is 0.416 e. The summed E-state index contributed by atoms with van der Waals surface area (Å²) < 4.78 is 6.36. The molecule has 0 saturated carbocycles. The highest BCUT2D eigenvalue weighted by molar-refractivity contribution is 9.10. The first kappa shape index (κ1) is 19.5. The number of carbonyl (C=O) groups is 1. The zero-order chi connectivity index (χ0) is 18.1. The summed E-state index contributed by atoms with van der Waals surface area (Å²) in [5.74, 6) is 0.638. The molecule has 0 fully saturated rings. The number of hydrogen-bond donors (Lipinski definition) is 0. The number of ether oxygens (including phenoxy) is 1. The zero-order valence-corrected chi connectivity index (χ0v) is 17.4. The van der Waals surface area contributed by atoms with E-state index in [0.29, 0.717) is 17.4 Å². The van der Waals surface area contributed by atoms with E-state index in [1.807, 2.05) is 20.8 Å². The van der Waals surface area contributed by atoms with Gasteiger partial charge in [0.2, 0.25) is 0 Å². The van der Waals surface area contributed by atoms with Crippen LogP contribution in [-0.4, -0.2) is 23.2 Å². The topological polar surface area (TPSA) is 42.4 Å². The van der Waals surface area contributed by atoms with E-state index in [4.69, 9.17) is 16.3 Å². The van der Waals surface area contributed by atoms with E-state index in [0.717, 1.165) is 35.7 Å². The Morgan fingerprint density at radius 3 is 2.46 bits per heavy atom. The number of halogens is 2. The third-order valence-electron chi connectivity index (χ3n) is 4.27. The number of aromatic nitrogens is 1. The Hall–Kier alpha value is -0.810. The molecule has 1 amide bonds. The van der Waals surface area contributed by atoms with E-state index in [1.165, 1.54) is 0 Å². The molecular weight excluding hydrogens is 392 g/mol. The molecule has 0 aromatic carbocycles. The molecule has 1 aliphatic heterocycles. The van der Waals surface area contributed by atoms with E-state index >= 15 is 0 Å². The lowest BCUT2D eigenvalue weighted by Crippen LogP contribution is -2.40. The highest BCUT2D eigenvalue weighted by Gasteiger charge is 2.47. The van der Waals surface area contributed by atoms with Gasteiger partial charge in [-0.3, -0.25) is 4.90 Å². The van der Waals surface area contributed by atoms with Crippen LogP contribution in [0.5, 0.6) is 0 Å². The Balaban J connectivity index is 2.54. The van der Waals surface area contributed by atoms with Crippen LogP contribution >= 0.6 is 27.5 Å². The predicted molar refractivity (Wildman–Crippen MR) is 102 cm³/mol. The van der Waals surface area contributed by atoms with Crippen LogP contribution in [0.2, 0.25) is 5.02 Å². The van der Waals surface area contributed by atoms with Gasteiger partial charge in [-0.25, -0.2) is 9.78 Å². The normalized spacial score (nSPS) is 16.2. The smallest absolute Gasteiger partial charge is 0.416 e. The van der Waals surface area contributed by atoms with Crippen LogP contribution in [0.3, 0.4) is 0 Å². The molecule has 2 heterocycles. The summed E-state index contributed by atoms with van der Waals surface area (Å²) in [6.45, 7) is 10.5. The van der Waals surface area contributed by atoms with Gasteiger partial charge in [-0.2, -0.15) is 0 Å². The van der Waals surface area contributed by atoms with E-state index in [2.05, 4.69) is 34.8 Å². The van der Waals surface area contributed by atoms with Crippen molar-refractivity contribution in [3.8, 4) is 0 Å². The van der Waals surface area contributed by atoms with Gasteiger partial charge in [-0.15, -0.1) is 0 Å². The lowest BCUT2D eigenvalue weighted by Gasteiger charge is -2.30. The molecule has 0 aliphatic carbocycles. The van der Waals surface area contributed by atoms with E-state index < -0.39 is 5.60 Å². The van der Waals surface area contributed by atoms with Crippen LogP contribution in [0.25, 0.3) is 0 Å². The summed E-state index contributed by atoms with van der Waals surface area (Å²) in [7, 11) is 0. The molecule has 0 bridgehead atoms. The molecule has 1 aliphatic rings. The van der Waals surface area contributed by atoms with Crippen molar-refractivity contribution in [2.24, 2.45) is 0 Å². The minimum absolute atomic E-state index is 0.163. The maximum absolute atomic E-state index is 12.7. The largest absolute Gasteiger partial charge is 0.443 e. The molecule has 0 radical (unpaired) electrons. The molecule has 0 atom stereocenters. The van der Waals surface area contributed by atoms with Gasteiger partial charge < -0.3 is 4.74 Å². The third-order valence-corrected chi connectivity index (χ3v) is 5.49. The molecule has 2 rings (SSSR count). The third kappa shape index (κ3) is 3.72.